The van der Waals surface area contributed by atoms with Gasteiger partial charge in [0, 0.05) is 31.7 Å². The van der Waals surface area contributed by atoms with Crippen LogP contribution in [0, 0.1) is 0 Å². The van der Waals surface area contributed by atoms with Crippen molar-refractivity contribution in [1.29, 1.82) is 0 Å². The SMILES string of the molecule is CCC(NC(=O)c1cn(C)nc1C(C)(C)C)C(=O)N1CCOCC1. The molecule has 0 aromatic carbocycles. The maximum absolute atomic E-state index is 12.7. The Labute approximate surface area is 143 Å². The van der Waals surface area contributed by atoms with E-state index in [1.165, 1.54) is 0 Å². The number of nitrogens with zero attached hydrogens (tertiary/aromatic N) is 3. The number of rotatable bonds is 4. The monoisotopic (exact) mass is 336 g/mol. The highest BCUT2D eigenvalue weighted by Crippen LogP contribution is 2.24. The van der Waals surface area contributed by atoms with Crippen molar-refractivity contribution in [1.82, 2.24) is 20.0 Å². The zero-order valence-corrected chi connectivity index (χ0v) is 15.3. The minimum Gasteiger partial charge on any atom is -0.378 e. The number of amides is 2. The number of hydrogen-bond acceptors (Lipinski definition) is 4. The van der Waals surface area contributed by atoms with Crippen LogP contribution in [-0.2, 0) is 22.0 Å². The lowest BCUT2D eigenvalue weighted by Gasteiger charge is -2.30. The lowest BCUT2D eigenvalue weighted by Crippen LogP contribution is -2.51. The van der Waals surface area contributed by atoms with Crippen LogP contribution < -0.4 is 5.32 Å². The van der Waals surface area contributed by atoms with Gasteiger partial charge in [-0.15, -0.1) is 0 Å². The maximum Gasteiger partial charge on any atom is 0.255 e. The standard InChI is InChI=1S/C17H28N4O3/c1-6-13(16(23)21-7-9-24-10-8-21)18-15(22)12-11-20(5)19-14(12)17(2,3)4/h11,13H,6-10H2,1-5H3,(H,18,22). The van der Waals surface area contributed by atoms with E-state index in [-0.39, 0.29) is 17.2 Å². The van der Waals surface area contributed by atoms with Gasteiger partial charge in [0.2, 0.25) is 5.91 Å². The van der Waals surface area contributed by atoms with Crippen molar-refractivity contribution in [3.05, 3.63) is 17.5 Å². The molecule has 2 rings (SSSR count). The van der Waals surface area contributed by atoms with Gasteiger partial charge in [0.05, 0.1) is 24.5 Å². The second kappa shape index (κ2) is 7.34. The fourth-order valence-electron chi connectivity index (χ4n) is 2.79. The summed E-state index contributed by atoms with van der Waals surface area (Å²) in [6, 6.07) is -0.524. The zero-order valence-electron chi connectivity index (χ0n) is 15.3. The molecule has 1 N–H and O–H groups in total. The first-order chi connectivity index (χ1) is 11.2. The topological polar surface area (TPSA) is 76.5 Å². The van der Waals surface area contributed by atoms with Crippen LogP contribution >= 0.6 is 0 Å². The van der Waals surface area contributed by atoms with Crippen LogP contribution in [-0.4, -0.2) is 58.8 Å². The quantitative estimate of drug-likeness (QED) is 0.893. The van der Waals surface area contributed by atoms with Crippen molar-refractivity contribution >= 4 is 11.8 Å². The Balaban J connectivity index is 2.13. The van der Waals surface area contributed by atoms with Crippen molar-refractivity contribution in [2.45, 2.75) is 45.6 Å². The highest BCUT2D eigenvalue weighted by molar-refractivity contribution is 5.98. The van der Waals surface area contributed by atoms with Gasteiger partial charge in [-0.1, -0.05) is 27.7 Å². The van der Waals surface area contributed by atoms with Crippen molar-refractivity contribution in [2.24, 2.45) is 7.05 Å². The highest BCUT2D eigenvalue weighted by atomic mass is 16.5. The van der Waals surface area contributed by atoms with E-state index in [0.29, 0.717) is 38.3 Å². The van der Waals surface area contributed by atoms with E-state index in [4.69, 9.17) is 4.74 Å². The third-order valence-corrected chi connectivity index (χ3v) is 4.12. The van der Waals surface area contributed by atoms with Crippen molar-refractivity contribution in [2.75, 3.05) is 26.3 Å². The average molecular weight is 336 g/mol. The first-order valence-corrected chi connectivity index (χ1v) is 8.45. The van der Waals surface area contributed by atoms with Crippen LogP contribution in [0.2, 0.25) is 0 Å². The molecule has 2 amide bonds. The first-order valence-electron chi connectivity index (χ1n) is 8.45. The van der Waals surface area contributed by atoms with Crippen LogP contribution in [0.1, 0.15) is 50.2 Å². The number of carbonyl (C=O) groups excluding carboxylic acids is 2. The molecule has 1 aliphatic heterocycles. The summed E-state index contributed by atoms with van der Waals surface area (Å²) in [6.45, 7) is 10.2. The second-order valence-corrected chi connectivity index (χ2v) is 7.19. The molecule has 1 aromatic rings. The van der Waals surface area contributed by atoms with Gasteiger partial charge in [0.1, 0.15) is 6.04 Å². The Morgan fingerprint density at radius 1 is 1.33 bits per heavy atom. The van der Waals surface area contributed by atoms with Gasteiger partial charge >= 0.3 is 0 Å². The molecular weight excluding hydrogens is 308 g/mol. The maximum atomic E-state index is 12.7. The summed E-state index contributed by atoms with van der Waals surface area (Å²) in [4.78, 5) is 27.1. The molecule has 1 fully saturated rings. The molecule has 0 radical (unpaired) electrons. The molecule has 134 valence electrons. The third-order valence-electron chi connectivity index (χ3n) is 4.12. The molecule has 1 unspecified atom stereocenters. The smallest absolute Gasteiger partial charge is 0.255 e. The number of aryl methyl sites for hydroxylation is 1. The second-order valence-electron chi connectivity index (χ2n) is 7.19. The predicted octanol–water partition coefficient (Wildman–Crippen LogP) is 1.08. The van der Waals surface area contributed by atoms with E-state index in [0.717, 1.165) is 5.69 Å². The van der Waals surface area contributed by atoms with Gasteiger partial charge in [-0.05, 0) is 6.42 Å². The van der Waals surface area contributed by atoms with E-state index >= 15 is 0 Å². The largest absolute Gasteiger partial charge is 0.378 e. The normalized spacial score (nSPS) is 16.8. The fourth-order valence-corrected chi connectivity index (χ4v) is 2.79. The molecule has 24 heavy (non-hydrogen) atoms. The summed E-state index contributed by atoms with van der Waals surface area (Å²) < 4.78 is 6.92. The fraction of sp³-hybridized carbons (Fsp3) is 0.706. The van der Waals surface area contributed by atoms with Gasteiger partial charge in [0.15, 0.2) is 0 Å². The molecule has 7 heteroatoms. The number of morpholine rings is 1. The number of hydrogen-bond donors (Lipinski definition) is 1. The van der Waals surface area contributed by atoms with Crippen molar-refractivity contribution in [3.8, 4) is 0 Å². The van der Waals surface area contributed by atoms with Crippen LogP contribution in [0.4, 0.5) is 0 Å². The third kappa shape index (κ3) is 4.14. The molecule has 7 nitrogen and oxygen atoms in total. The summed E-state index contributed by atoms with van der Waals surface area (Å²) >= 11 is 0. The molecular formula is C17H28N4O3. The van der Waals surface area contributed by atoms with E-state index in [9.17, 15) is 9.59 Å². The molecule has 0 aliphatic carbocycles. The van der Waals surface area contributed by atoms with Crippen LogP contribution in [0.25, 0.3) is 0 Å². The van der Waals surface area contributed by atoms with E-state index in [2.05, 4.69) is 10.4 Å². The Hall–Kier alpha value is -1.89. The molecule has 1 saturated heterocycles. The lowest BCUT2D eigenvalue weighted by atomic mass is 9.89. The van der Waals surface area contributed by atoms with Crippen LogP contribution in [0.15, 0.2) is 6.20 Å². The van der Waals surface area contributed by atoms with Gasteiger partial charge in [-0.2, -0.15) is 5.10 Å². The Bertz CT molecular complexity index is 597. The molecule has 0 bridgehead atoms. The summed E-state index contributed by atoms with van der Waals surface area (Å²) in [5.74, 6) is -0.295. The minimum absolute atomic E-state index is 0.0460. The summed E-state index contributed by atoms with van der Waals surface area (Å²) in [5.41, 5.74) is 1.01. The van der Waals surface area contributed by atoms with Gasteiger partial charge < -0.3 is 15.0 Å². The molecule has 2 heterocycles. The summed E-state index contributed by atoms with van der Waals surface area (Å²) in [6.07, 6.45) is 2.26. The van der Waals surface area contributed by atoms with Crippen molar-refractivity contribution < 1.29 is 14.3 Å². The molecule has 1 atom stereocenters. The Morgan fingerprint density at radius 3 is 2.50 bits per heavy atom. The molecule has 1 aromatic heterocycles. The van der Waals surface area contributed by atoms with E-state index in [1.54, 1.807) is 22.8 Å². The van der Waals surface area contributed by atoms with Crippen molar-refractivity contribution in [3.63, 3.8) is 0 Å². The van der Waals surface area contributed by atoms with E-state index < -0.39 is 6.04 Å². The van der Waals surface area contributed by atoms with Crippen LogP contribution in [0.5, 0.6) is 0 Å². The minimum atomic E-state index is -0.524. The lowest BCUT2D eigenvalue weighted by molar-refractivity contribution is -0.137. The van der Waals surface area contributed by atoms with Crippen LogP contribution in [0.3, 0.4) is 0 Å². The Kier molecular flexibility index (Phi) is 5.64. The predicted molar refractivity (Wildman–Crippen MR) is 90.9 cm³/mol. The van der Waals surface area contributed by atoms with Gasteiger partial charge in [-0.25, -0.2) is 0 Å². The molecule has 1 aliphatic rings. The van der Waals surface area contributed by atoms with Gasteiger partial charge in [0.25, 0.3) is 5.91 Å². The van der Waals surface area contributed by atoms with Gasteiger partial charge in [-0.3, -0.25) is 14.3 Å². The molecule has 0 spiro atoms. The Morgan fingerprint density at radius 2 is 1.96 bits per heavy atom. The first kappa shape index (κ1) is 18.4. The summed E-state index contributed by atoms with van der Waals surface area (Å²) in [7, 11) is 1.79. The van der Waals surface area contributed by atoms with E-state index in [1.807, 2.05) is 27.7 Å². The average Bonchev–Trinajstić information content (AvgIpc) is 2.95. The highest BCUT2D eigenvalue weighted by Gasteiger charge is 2.30. The number of ether oxygens (including phenoxy) is 1. The zero-order chi connectivity index (χ0) is 17.9. The summed E-state index contributed by atoms with van der Waals surface area (Å²) in [5, 5.41) is 7.30. The number of aromatic nitrogens is 2. The number of carbonyl (C=O) groups is 2. The molecule has 0 saturated carbocycles. The number of nitrogens with one attached hydrogen (secondary N) is 1.